The summed E-state index contributed by atoms with van der Waals surface area (Å²) in [5.41, 5.74) is 1.54. The molecule has 3 heterocycles. The summed E-state index contributed by atoms with van der Waals surface area (Å²) in [6.45, 7) is 4.62. The van der Waals surface area contributed by atoms with Gasteiger partial charge in [-0.1, -0.05) is 6.58 Å². The van der Waals surface area contributed by atoms with Gasteiger partial charge < -0.3 is 9.64 Å². The summed E-state index contributed by atoms with van der Waals surface area (Å²) < 4.78 is 59.6. The lowest BCUT2D eigenvalue weighted by atomic mass is 9.91. The molecule has 1 amide bonds. The lowest BCUT2D eigenvalue weighted by molar-refractivity contribution is -0.137. The van der Waals surface area contributed by atoms with Crippen LogP contribution in [0, 0.1) is 5.82 Å². The summed E-state index contributed by atoms with van der Waals surface area (Å²) >= 11 is 0. The zero-order valence-electron chi connectivity index (χ0n) is 19.4. The number of ether oxygens (including phenoxy) is 1. The Hall–Kier alpha value is -4.34. The third-order valence-corrected chi connectivity index (χ3v) is 6.29. The maximum atomic E-state index is 15.3. The molecule has 1 unspecified atom stereocenters. The number of carbonyl (C=O) groups is 1. The smallest absolute Gasteiger partial charge is 0.416 e. The number of hydrogen-bond donors (Lipinski definition) is 0. The molecule has 6 nitrogen and oxygen atoms in total. The van der Waals surface area contributed by atoms with E-state index in [0.29, 0.717) is 18.7 Å². The first kappa shape index (κ1) is 24.4. The molecule has 188 valence electrons. The summed E-state index contributed by atoms with van der Waals surface area (Å²) in [7, 11) is 0. The van der Waals surface area contributed by atoms with E-state index in [4.69, 9.17) is 4.74 Å². The van der Waals surface area contributed by atoms with Crippen LogP contribution in [0.15, 0.2) is 73.8 Å². The average molecular weight is 508 g/mol. The zero-order chi connectivity index (χ0) is 26.2. The van der Waals surface area contributed by atoms with E-state index >= 15 is 4.39 Å². The first-order chi connectivity index (χ1) is 17.7. The third kappa shape index (κ3) is 5.00. The van der Waals surface area contributed by atoms with Gasteiger partial charge in [-0.25, -0.2) is 19.3 Å². The molecular weight excluding hydrogens is 488 g/mol. The van der Waals surface area contributed by atoms with Crippen molar-refractivity contribution in [2.24, 2.45) is 0 Å². The number of carbonyl (C=O) groups excluding carboxylic acids is 1. The second-order valence-electron chi connectivity index (χ2n) is 8.62. The molecule has 1 aliphatic rings. The second kappa shape index (κ2) is 9.61. The van der Waals surface area contributed by atoms with Gasteiger partial charge in [-0.15, -0.1) is 0 Å². The molecule has 0 saturated carbocycles. The summed E-state index contributed by atoms with van der Waals surface area (Å²) in [6, 6.07) is 9.27. The van der Waals surface area contributed by atoms with Crippen molar-refractivity contribution in [1.82, 2.24) is 19.9 Å². The molecule has 5 rings (SSSR count). The molecule has 4 aromatic rings. The largest absolute Gasteiger partial charge is 0.439 e. The summed E-state index contributed by atoms with van der Waals surface area (Å²) in [4.78, 5) is 26.1. The second-order valence-corrected chi connectivity index (χ2v) is 8.62. The van der Waals surface area contributed by atoms with E-state index in [1.807, 2.05) is 6.07 Å². The van der Waals surface area contributed by atoms with Crippen LogP contribution in [-0.2, 0) is 11.0 Å². The van der Waals surface area contributed by atoms with Crippen LogP contribution >= 0.6 is 0 Å². The highest BCUT2D eigenvalue weighted by Gasteiger charge is 2.31. The lowest BCUT2D eigenvalue weighted by Crippen LogP contribution is -2.26. The van der Waals surface area contributed by atoms with Gasteiger partial charge in [-0.3, -0.25) is 4.79 Å². The molecule has 1 aliphatic heterocycles. The number of amides is 1. The molecular formula is C27H20F4N4O2. The number of benzene rings is 2. The highest BCUT2D eigenvalue weighted by molar-refractivity contribution is 5.89. The molecule has 0 bridgehead atoms. The standard InChI is InChI=1S/C27H20F4N4O2/c1-2-25(36)35-8-6-16(14-35)22-10-17(9-18-13-32-15-34-26(18)22)21-4-3-20(12-23(21)28)37-24-11-19(5-7-33-24)27(29,30)31/h2-5,7,9-13,15-16H,1,6,8,14H2. The zero-order valence-corrected chi connectivity index (χ0v) is 19.4. The van der Waals surface area contributed by atoms with Gasteiger partial charge in [-0.2, -0.15) is 13.2 Å². The van der Waals surface area contributed by atoms with E-state index in [-0.39, 0.29) is 29.0 Å². The molecule has 10 heteroatoms. The van der Waals surface area contributed by atoms with Crippen molar-refractivity contribution in [2.45, 2.75) is 18.5 Å². The van der Waals surface area contributed by atoms with Crippen LogP contribution < -0.4 is 4.74 Å². The molecule has 1 fully saturated rings. The number of aromatic nitrogens is 3. The average Bonchev–Trinajstić information content (AvgIpc) is 3.37. The van der Waals surface area contributed by atoms with Crippen molar-refractivity contribution < 1.29 is 27.1 Å². The van der Waals surface area contributed by atoms with Crippen LogP contribution in [0.25, 0.3) is 22.0 Å². The van der Waals surface area contributed by atoms with Crippen molar-refractivity contribution in [3.63, 3.8) is 0 Å². The summed E-state index contributed by atoms with van der Waals surface area (Å²) in [5.74, 6) is -1.06. The summed E-state index contributed by atoms with van der Waals surface area (Å²) in [5, 5.41) is 0.719. The minimum atomic E-state index is -4.55. The normalized spacial score (nSPS) is 15.7. The maximum Gasteiger partial charge on any atom is 0.416 e. The Morgan fingerprint density at radius 3 is 2.73 bits per heavy atom. The number of likely N-dealkylation sites (tertiary alicyclic amines) is 1. The highest BCUT2D eigenvalue weighted by atomic mass is 19.4. The number of rotatable bonds is 5. The number of alkyl halides is 3. The number of pyridine rings is 1. The molecule has 0 spiro atoms. The van der Waals surface area contributed by atoms with Crippen molar-refractivity contribution in [3.05, 3.63) is 90.8 Å². The molecule has 2 aromatic carbocycles. The van der Waals surface area contributed by atoms with E-state index in [0.717, 1.165) is 47.3 Å². The topological polar surface area (TPSA) is 68.2 Å². The Morgan fingerprint density at radius 2 is 1.97 bits per heavy atom. The van der Waals surface area contributed by atoms with E-state index in [1.54, 1.807) is 17.2 Å². The van der Waals surface area contributed by atoms with Crippen molar-refractivity contribution in [1.29, 1.82) is 0 Å². The number of halogens is 4. The fraction of sp³-hybridized carbons (Fsp3) is 0.185. The highest BCUT2D eigenvalue weighted by Crippen LogP contribution is 2.37. The molecule has 2 aromatic heterocycles. The van der Waals surface area contributed by atoms with Crippen LogP contribution in [0.2, 0.25) is 0 Å². The molecule has 0 radical (unpaired) electrons. The van der Waals surface area contributed by atoms with E-state index in [2.05, 4.69) is 21.5 Å². The predicted octanol–water partition coefficient (Wildman–Crippen LogP) is 6.14. The summed E-state index contributed by atoms with van der Waals surface area (Å²) in [6.07, 6.45) is 1.53. The number of fused-ring (bicyclic) bond motifs is 1. The first-order valence-electron chi connectivity index (χ1n) is 11.4. The molecule has 0 aliphatic carbocycles. The minimum Gasteiger partial charge on any atom is -0.439 e. The fourth-order valence-corrected chi connectivity index (χ4v) is 4.50. The number of nitrogens with zero attached hydrogens (tertiary/aromatic N) is 4. The van der Waals surface area contributed by atoms with Crippen LogP contribution in [0.4, 0.5) is 17.6 Å². The van der Waals surface area contributed by atoms with E-state index < -0.39 is 17.6 Å². The predicted molar refractivity (Wildman–Crippen MR) is 128 cm³/mol. The van der Waals surface area contributed by atoms with Crippen molar-refractivity contribution in [2.75, 3.05) is 13.1 Å². The maximum absolute atomic E-state index is 15.3. The van der Waals surface area contributed by atoms with Gasteiger partial charge in [0.1, 0.15) is 17.9 Å². The van der Waals surface area contributed by atoms with Crippen molar-refractivity contribution in [3.8, 4) is 22.8 Å². The number of hydrogen-bond acceptors (Lipinski definition) is 5. The molecule has 37 heavy (non-hydrogen) atoms. The van der Waals surface area contributed by atoms with Crippen LogP contribution in [-0.4, -0.2) is 38.8 Å². The first-order valence-corrected chi connectivity index (χ1v) is 11.4. The van der Waals surface area contributed by atoms with Gasteiger partial charge in [0.2, 0.25) is 11.8 Å². The van der Waals surface area contributed by atoms with Gasteiger partial charge in [0.15, 0.2) is 0 Å². The molecule has 0 N–H and O–H groups in total. The quantitative estimate of drug-likeness (QED) is 0.239. The van der Waals surface area contributed by atoms with Gasteiger partial charge in [0, 0.05) is 54.5 Å². The van der Waals surface area contributed by atoms with Crippen molar-refractivity contribution >= 4 is 16.8 Å². The van der Waals surface area contributed by atoms with Gasteiger partial charge in [0.25, 0.3) is 0 Å². The fourth-order valence-electron chi connectivity index (χ4n) is 4.50. The van der Waals surface area contributed by atoms with E-state index in [1.165, 1.54) is 24.5 Å². The van der Waals surface area contributed by atoms with Gasteiger partial charge in [0.05, 0.1) is 11.1 Å². The third-order valence-electron chi connectivity index (χ3n) is 6.29. The Kier molecular flexibility index (Phi) is 6.32. The van der Waals surface area contributed by atoms with Crippen LogP contribution in [0.1, 0.15) is 23.5 Å². The van der Waals surface area contributed by atoms with Gasteiger partial charge >= 0.3 is 6.18 Å². The molecule has 1 atom stereocenters. The monoisotopic (exact) mass is 508 g/mol. The van der Waals surface area contributed by atoms with Gasteiger partial charge in [-0.05, 0) is 54.0 Å². The molecule has 1 saturated heterocycles. The lowest BCUT2D eigenvalue weighted by Gasteiger charge is -2.17. The SMILES string of the molecule is C=CC(=O)N1CCC(c2cc(-c3ccc(Oc4cc(C(F)(F)F)ccn4)cc3F)cc3cncnc23)C1. The van der Waals surface area contributed by atoms with Crippen LogP contribution in [0.3, 0.4) is 0 Å². The Morgan fingerprint density at radius 1 is 1.14 bits per heavy atom. The van der Waals surface area contributed by atoms with Crippen LogP contribution in [0.5, 0.6) is 11.6 Å². The Balaban J connectivity index is 1.47. The van der Waals surface area contributed by atoms with E-state index in [9.17, 15) is 18.0 Å². The Labute approximate surface area is 209 Å². The minimum absolute atomic E-state index is 0.00102. The Bertz CT molecular complexity index is 1510.